The molecule has 0 spiro atoms. The van der Waals surface area contributed by atoms with Crippen molar-refractivity contribution >= 4 is 39.1 Å². The third-order valence-electron chi connectivity index (χ3n) is 5.47. The van der Waals surface area contributed by atoms with Crippen molar-refractivity contribution in [3.05, 3.63) is 89.2 Å². The van der Waals surface area contributed by atoms with Crippen LogP contribution in [0.5, 0.6) is 0 Å². The second-order valence-electron chi connectivity index (χ2n) is 7.82. The third kappa shape index (κ3) is 4.98. The van der Waals surface area contributed by atoms with Gasteiger partial charge in [-0.2, -0.15) is 4.31 Å². The maximum absolute atomic E-state index is 13.7. The van der Waals surface area contributed by atoms with Gasteiger partial charge < -0.3 is 0 Å². The van der Waals surface area contributed by atoms with E-state index in [1.807, 2.05) is 30.3 Å². The molecule has 9 heteroatoms. The highest BCUT2D eigenvalue weighted by Gasteiger charge is 2.39. The fourth-order valence-electron chi connectivity index (χ4n) is 3.88. The predicted molar refractivity (Wildman–Crippen MR) is 128 cm³/mol. The van der Waals surface area contributed by atoms with Crippen molar-refractivity contribution in [3.8, 4) is 0 Å². The minimum Gasteiger partial charge on any atom is -0.293 e. The van der Waals surface area contributed by atoms with Gasteiger partial charge >= 0.3 is 0 Å². The van der Waals surface area contributed by atoms with Crippen LogP contribution < -0.4 is 5.32 Å². The van der Waals surface area contributed by atoms with Crippen LogP contribution in [0.1, 0.15) is 23.2 Å². The van der Waals surface area contributed by atoms with Crippen LogP contribution in [0.25, 0.3) is 5.57 Å². The highest BCUT2D eigenvalue weighted by molar-refractivity contribution is 7.89. The van der Waals surface area contributed by atoms with Crippen LogP contribution >= 0.6 is 11.6 Å². The third-order valence-corrected chi connectivity index (χ3v) is 7.63. The standard InChI is InChI=1S/C24H23ClN4O3S/c1-16-12-13-29(33(31,32)21-11-7-6-10-19(16)21)20(15-18-8-4-3-5-9-18)23(30)28-24-26-17(2)14-22(25)27-24/h3-11,14,20H,1,12-13,15H2,2H3,(H,26,27,28,30)/t20-/m0/s1. The molecule has 0 radical (unpaired) electrons. The summed E-state index contributed by atoms with van der Waals surface area (Å²) < 4.78 is 28.7. The van der Waals surface area contributed by atoms with Crippen LogP contribution in [0.3, 0.4) is 0 Å². The highest BCUT2D eigenvalue weighted by atomic mass is 35.5. The molecule has 0 unspecified atom stereocenters. The molecule has 1 aliphatic rings. The second-order valence-corrected chi connectivity index (χ2v) is 10.1. The summed E-state index contributed by atoms with van der Waals surface area (Å²) in [5.74, 6) is -0.505. The van der Waals surface area contributed by atoms with Gasteiger partial charge in [0, 0.05) is 12.2 Å². The molecule has 2 heterocycles. The second kappa shape index (κ2) is 9.43. The number of aryl methyl sites for hydroxylation is 1. The number of carbonyl (C=O) groups is 1. The Kier molecular flexibility index (Phi) is 6.60. The molecule has 0 aliphatic carbocycles. The molecule has 1 N–H and O–H groups in total. The monoisotopic (exact) mass is 482 g/mol. The van der Waals surface area contributed by atoms with E-state index in [1.54, 1.807) is 37.3 Å². The fourth-order valence-corrected chi connectivity index (χ4v) is 5.94. The lowest BCUT2D eigenvalue weighted by atomic mass is 10.0. The Morgan fingerprint density at radius 2 is 1.85 bits per heavy atom. The normalized spacial score (nSPS) is 16.5. The summed E-state index contributed by atoms with van der Waals surface area (Å²) in [5, 5.41) is 2.85. The maximum Gasteiger partial charge on any atom is 0.245 e. The molecule has 2 aromatic carbocycles. The van der Waals surface area contributed by atoms with Gasteiger partial charge in [0.15, 0.2) is 0 Å². The van der Waals surface area contributed by atoms with Gasteiger partial charge in [0.25, 0.3) is 0 Å². The molecule has 0 fully saturated rings. The van der Waals surface area contributed by atoms with Crippen molar-refractivity contribution in [2.45, 2.75) is 30.7 Å². The zero-order valence-corrected chi connectivity index (χ0v) is 19.6. The number of nitrogens with zero attached hydrogens (tertiary/aromatic N) is 3. The number of nitrogens with one attached hydrogen (secondary N) is 1. The quantitative estimate of drug-likeness (QED) is 0.553. The molecule has 170 valence electrons. The molecule has 0 saturated heterocycles. The Morgan fingerprint density at radius 3 is 2.58 bits per heavy atom. The molecule has 7 nitrogen and oxygen atoms in total. The number of amides is 1. The molecule has 0 bridgehead atoms. The van der Waals surface area contributed by atoms with Gasteiger partial charge in [0.2, 0.25) is 21.9 Å². The van der Waals surface area contributed by atoms with Crippen LogP contribution in [0.15, 0.2) is 72.1 Å². The van der Waals surface area contributed by atoms with Crippen molar-refractivity contribution in [1.82, 2.24) is 14.3 Å². The summed E-state index contributed by atoms with van der Waals surface area (Å²) in [4.78, 5) is 21.9. The van der Waals surface area contributed by atoms with E-state index in [0.717, 1.165) is 5.56 Å². The Balaban J connectivity index is 1.75. The van der Waals surface area contributed by atoms with E-state index in [1.165, 1.54) is 4.31 Å². The molecule has 3 aromatic rings. The van der Waals surface area contributed by atoms with E-state index >= 15 is 0 Å². The zero-order chi connectivity index (χ0) is 23.6. The molecule has 1 atom stereocenters. The summed E-state index contributed by atoms with van der Waals surface area (Å²) in [5.41, 5.74) is 2.70. The van der Waals surface area contributed by atoms with Crippen molar-refractivity contribution in [2.75, 3.05) is 11.9 Å². The number of anilines is 1. The molecule has 4 rings (SSSR count). The van der Waals surface area contributed by atoms with Crippen LogP contribution in [-0.2, 0) is 21.2 Å². The lowest BCUT2D eigenvalue weighted by Crippen LogP contribution is -2.48. The predicted octanol–water partition coefficient (Wildman–Crippen LogP) is 4.10. The molecule has 0 saturated carbocycles. The number of benzene rings is 2. The summed E-state index contributed by atoms with van der Waals surface area (Å²) >= 11 is 6.01. The van der Waals surface area contributed by atoms with Crippen LogP contribution in [0.2, 0.25) is 5.15 Å². The average Bonchev–Trinajstić information content (AvgIpc) is 2.87. The van der Waals surface area contributed by atoms with Gasteiger partial charge in [0.1, 0.15) is 11.2 Å². The number of hydrogen-bond donors (Lipinski definition) is 1. The minimum atomic E-state index is -3.98. The van der Waals surface area contributed by atoms with E-state index in [0.29, 0.717) is 23.3 Å². The summed E-state index contributed by atoms with van der Waals surface area (Å²) in [6.45, 7) is 5.91. The van der Waals surface area contributed by atoms with E-state index in [2.05, 4.69) is 21.9 Å². The summed E-state index contributed by atoms with van der Waals surface area (Å²) in [6, 6.07) is 16.6. The fraction of sp³-hybridized carbons (Fsp3) is 0.208. The molecule has 1 aromatic heterocycles. The number of carbonyl (C=O) groups excluding carboxylic acids is 1. The van der Waals surface area contributed by atoms with Gasteiger partial charge in [-0.1, -0.05) is 66.7 Å². The number of halogens is 1. The molecular formula is C24H23ClN4O3S. The molecular weight excluding hydrogens is 460 g/mol. The van der Waals surface area contributed by atoms with Gasteiger partial charge in [-0.25, -0.2) is 18.4 Å². The SMILES string of the molecule is C=C1CCN([C@@H](Cc2ccccc2)C(=O)Nc2nc(C)cc(Cl)n2)S(=O)(=O)c2ccccc21. The number of sulfonamides is 1. The van der Waals surface area contributed by atoms with E-state index in [-0.39, 0.29) is 29.0 Å². The van der Waals surface area contributed by atoms with Crippen molar-refractivity contribution in [3.63, 3.8) is 0 Å². The first-order chi connectivity index (χ1) is 15.8. The minimum absolute atomic E-state index is 0.0279. The van der Waals surface area contributed by atoms with Gasteiger partial charge in [-0.05, 0) is 48.6 Å². The van der Waals surface area contributed by atoms with Gasteiger partial charge in [0.05, 0.1) is 4.90 Å². The first kappa shape index (κ1) is 23.1. The lowest BCUT2D eigenvalue weighted by molar-refractivity contribution is -0.119. The number of fused-ring (bicyclic) bond motifs is 1. The number of aromatic nitrogens is 2. The van der Waals surface area contributed by atoms with Gasteiger partial charge in [-0.3, -0.25) is 10.1 Å². The van der Waals surface area contributed by atoms with Crippen molar-refractivity contribution in [1.29, 1.82) is 0 Å². The Morgan fingerprint density at radius 1 is 1.15 bits per heavy atom. The van der Waals surface area contributed by atoms with Crippen LogP contribution in [-0.4, -0.2) is 41.2 Å². The van der Waals surface area contributed by atoms with Crippen LogP contribution in [0.4, 0.5) is 5.95 Å². The van der Waals surface area contributed by atoms with Crippen LogP contribution in [0, 0.1) is 6.92 Å². The highest BCUT2D eigenvalue weighted by Crippen LogP contribution is 2.33. The Bertz CT molecular complexity index is 1290. The van der Waals surface area contributed by atoms with E-state index in [9.17, 15) is 13.2 Å². The van der Waals surface area contributed by atoms with Crippen molar-refractivity contribution < 1.29 is 13.2 Å². The van der Waals surface area contributed by atoms with Crippen molar-refractivity contribution in [2.24, 2.45) is 0 Å². The lowest BCUT2D eigenvalue weighted by Gasteiger charge is -2.29. The largest absolute Gasteiger partial charge is 0.293 e. The Hall–Kier alpha value is -3.07. The van der Waals surface area contributed by atoms with Gasteiger partial charge in [-0.15, -0.1) is 0 Å². The number of rotatable bonds is 5. The zero-order valence-electron chi connectivity index (χ0n) is 18.0. The number of hydrogen-bond acceptors (Lipinski definition) is 5. The van der Waals surface area contributed by atoms with E-state index < -0.39 is 22.0 Å². The molecule has 1 aliphatic heterocycles. The topological polar surface area (TPSA) is 92.3 Å². The summed E-state index contributed by atoms with van der Waals surface area (Å²) in [7, 11) is -3.98. The van der Waals surface area contributed by atoms with E-state index in [4.69, 9.17) is 11.6 Å². The molecule has 33 heavy (non-hydrogen) atoms. The first-order valence-corrected chi connectivity index (χ1v) is 12.2. The molecule has 1 amide bonds. The first-order valence-electron chi connectivity index (χ1n) is 10.4. The maximum atomic E-state index is 13.7. The Labute approximate surface area is 198 Å². The smallest absolute Gasteiger partial charge is 0.245 e. The average molecular weight is 483 g/mol. The summed E-state index contributed by atoms with van der Waals surface area (Å²) in [6.07, 6.45) is 0.585.